The van der Waals surface area contributed by atoms with Crippen LogP contribution in [0.15, 0.2) is 29.4 Å². The van der Waals surface area contributed by atoms with Gasteiger partial charge >= 0.3 is 0 Å². The van der Waals surface area contributed by atoms with Crippen molar-refractivity contribution in [1.82, 2.24) is 20.2 Å². The predicted octanol–water partition coefficient (Wildman–Crippen LogP) is 1.83. The van der Waals surface area contributed by atoms with Crippen molar-refractivity contribution in [2.45, 2.75) is 31.5 Å². The molecular weight excluding hydrogens is 248 g/mol. The highest BCUT2D eigenvalue weighted by Gasteiger charge is 2.16. The molecule has 1 aromatic heterocycles. The lowest BCUT2D eigenvalue weighted by atomic mass is 10.2. The molecular formula is C12H16N4OS. The van der Waals surface area contributed by atoms with E-state index in [2.05, 4.69) is 15.5 Å². The van der Waals surface area contributed by atoms with E-state index in [4.69, 9.17) is 0 Å². The van der Waals surface area contributed by atoms with Gasteiger partial charge in [0, 0.05) is 5.75 Å². The van der Waals surface area contributed by atoms with Crippen molar-refractivity contribution in [2.24, 2.45) is 0 Å². The van der Waals surface area contributed by atoms with Crippen LogP contribution in [0, 0.1) is 6.92 Å². The van der Waals surface area contributed by atoms with Gasteiger partial charge in [-0.05, 0) is 48.9 Å². The quantitative estimate of drug-likeness (QED) is 0.854. The number of aliphatic hydroxyl groups is 1. The molecule has 18 heavy (non-hydrogen) atoms. The number of thioether (sulfide) groups is 1. The van der Waals surface area contributed by atoms with Gasteiger partial charge in [0.1, 0.15) is 0 Å². The van der Waals surface area contributed by atoms with Crippen LogP contribution in [-0.4, -0.2) is 36.7 Å². The molecule has 1 N–H and O–H groups in total. The summed E-state index contributed by atoms with van der Waals surface area (Å²) in [6, 6.07) is 7.97. The average molecular weight is 264 g/mol. The fourth-order valence-electron chi connectivity index (χ4n) is 1.43. The maximum absolute atomic E-state index is 9.72. The highest BCUT2D eigenvalue weighted by Crippen LogP contribution is 2.22. The molecule has 0 aliphatic carbocycles. The molecule has 5 nitrogen and oxygen atoms in total. The van der Waals surface area contributed by atoms with E-state index in [1.165, 1.54) is 11.8 Å². The molecule has 96 valence electrons. The Morgan fingerprint density at radius 1 is 1.39 bits per heavy atom. The smallest absolute Gasteiger partial charge is 0.214 e. The van der Waals surface area contributed by atoms with E-state index < -0.39 is 5.60 Å². The SMILES string of the molecule is Cc1cccc(-n2nnnc2SCC(C)(C)O)c1. The molecule has 2 aromatic rings. The number of rotatable bonds is 4. The lowest BCUT2D eigenvalue weighted by molar-refractivity contribution is 0.107. The maximum atomic E-state index is 9.72. The van der Waals surface area contributed by atoms with Gasteiger partial charge in [0.15, 0.2) is 0 Å². The van der Waals surface area contributed by atoms with E-state index in [1.807, 2.05) is 31.2 Å². The van der Waals surface area contributed by atoms with Crippen molar-refractivity contribution >= 4 is 11.8 Å². The van der Waals surface area contributed by atoms with Gasteiger partial charge in [-0.3, -0.25) is 0 Å². The van der Waals surface area contributed by atoms with Gasteiger partial charge in [0.25, 0.3) is 0 Å². The summed E-state index contributed by atoms with van der Waals surface area (Å²) in [5.41, 5.74) is 1.34. The summed E-state index contributed by atoms with van der Waals surface area (Å²) in [7, 11) is 0. The zero-order valence-electron chi connectivity index (χ0n) is 10.7. The average Bonchev–Trinajstić information content (AvgIpc) is 2.73. The highest BCUT2D eigenvalue weighted by atomic mass is 32.2. The first-order valence-corrected chi connectivity index (χ1v) is 6.65. The van der Waals surface area contributed by atoms with Crippen molar-refractivity contribution in [1.29, 1.82) is 0 Å². The molecule has 0 amide bonds. The second kappa shape index (κ2) is 5.07. The van der Waals surface area contributed by atoms with E-state index in [0.717, 1.165) is 11.3 Å². The Hall–Kier alpha value is -1.40. The molecule has 1 aromatic carbocycles. The summed E-state index contributed by atoms with van der Waals surface area (Å²) in [6.45, 7) is 5.55. The third-order valence-electron chi connectivity index (χ3n) is 2.24. The summed E-state index contributed by atoms with van der Waals surface area (Å²) in [5, 5.41) is 22.1. The van der Waals surface area contributed by atoms with Gasteiger partial charge < -0.3 is 5.11 Å². The van der Waals surface area contributed by atoms with Crippen molar-refractivity contribution in [3.8, 4) is 5.69 Å². The Morgan fingerprint density at radius 2 is 2.17 bits per heavy atom. The summed E-state index contributed by atoms with van der Waals surface area (Å²) in [6.07, 6.45) is 0. The first kappa shape index (κ1) is 13.0. The minimum Gasteiger partial charge on any atom is -0.390 e. The number of nitrogens with zero attached hydrogens (tertiary/aromatic N) is 4. The van der Waals surface area contributed by atoms with E-state index in [1.54, 1.807) is 18.5 Å². The maximum Gasteiger partial charge on any atom is 0.214 e. The van der Waals surface area contributed by atoms with Gasteiger partial charge in [-0.25, -0.2) is 0 Å². The monoisotopic (exact) mass is 264 g/mol. The van der Waals surface area contributed by atoms with Crippen LogP contribution in [0.4, 0.5) is 0 Å². The largest absolute Gasteiger partial charge is 0.390 e. The molecule has 0 atom stereocenters. The molecule has 0 spiro atoms. The molecule has 0 saturated heterocycles. The first-order valence-electron chi connectivity index (χ1n) is 5.66. The third-order valence-corrected chi connectivity index (χ3v) is 3.61. The van der Waals surface area contributed by atoms with E-state index in [-0.39, 0.29) is 0 Å². The normalized spacial score (nSPS) is 11.8. The predicted molar refractivity (Wildman–Crippen MR) is 70.9 cm³/mol. The molecule has 2 rings (SSSR count). The van der Waals surface area contributed by atoms with Crippen LogP contribution < -0.4 is 0 Å². The molecule has 0 aliphatic heterocycles. The van der Waals surface area contributed by atoms with Crippen LogP contribution in [0.1, 0.15) is 19.4 Å². The Balaban J connectivity index is 2.23. The molecule has 0 bridgehead atoms. The molecule has 0 fully saturated rings. The van der Waals surface area contributed by atoms with Crippen LogP contribution in [0.25, 0.3) is 5.69 Å². The minimum absolute atomic E-state index is 0.541. The number of hydrogen-bond donors (Lipinski definition) is 1. The fraction of sp³-hybridized carbons (Fsp3) is 0.417. The third kappa shape index (κ3) is 3.30. The lowest BCUT2D eigenvalue weighted by Gasteiger charge is -2.15. The van der Waals surface area contributed by atoms with Gasteiger partial charge in [0.2, 0.25) is 5.16 Å². The first-order chi connectivity index (χ1) is 8.46. The number of tetrazole rings is 1. The Labute approximate surface area is 110 Å². The van der Waals surface area contributed by atoms with Crippen molar-refractivity contribution < 1.29 is 5.11 Å². The fourth-order valence-corrected chi connectivity index (χ4v) is 2.27. The summed E-state index contributed by atoms with van der Waals surface area (Å²) < 4.78 is 1.68. The van der Waals surface area contributed by atoms with Crippen LogP contribution >= 0.6 is 11.8 Å². The second-order valence-electron chi connectivity index (χ2n) is 4.81. The molecule has 0 unspecified atom stereocenters. The van der Waals surface area contributed by atoms with E-state index in [9.17, 15) is 5.11 Å². The van der Waals surface area contributed by atoms with Crippen LogP contribution in [0.3, 0.4) is 0 Å². The van der Waals surface area contributed by atoms with E-state index in [0.29, 0.717) is 10.9 Å². The zero-order chi connectivity index (χ0) is 13.2. The van der Waals surface area contributed by atoms with Crippen LogP contribution in [0.2, 0.25) is 0 Å². The van der Waals surface area contributed by atoms with Crippen LogP contribution in [-0.2, 0) is 0 Å². The minimum atomic E-state index is -0.742. The second-order valence-corrected chi connectivity index (χ2v) is 5.76. The van der Waals surface area contributed by atoms with Gasteiger partial charge in [-0.1, -0.05) is 23.9 Å². The summed E-state index contributed by atoms with van der Waals surface area (Å²) >= 11 is 1.44. The number of hydrogen-bond acceptors (Lipinski definition) is 5. The number of aryl methyl sites for hydroxylation is 1. The zero-order valence-corrected chi connectivity index (χ0v) is 11.5. The van der Waals surface area contributed by atoms with Crippen molar-refractivity contribution in [2.75, 3.05) is 5.75 Å². The van der Waals surface area contributed by atoms with Crippen LogP contribution in [0.5, 0.6) is 0 Å². The summed E-state index contributed by atoms with van der Waals surface area (Å²) in [5.74, 6) is 0.541. The Bertz CT molecular complexity index is 533. The van der Waals surface area contributed by atoms with Gasteiger partial charge in [-0.2, -0.15) is 4.68 Å². The Kier molecular flexibility index (Phi) is 3.68. The molecule has 1 heterocycles. The topological polar surface area (TPSA) is 63.8 Å². The summed E-state index contributed by atoms with van der Waals surface area (Å²) in [4.78, 5) is 0. The van der Waals surface area contributed by atoms with E-state index >= 15 is 0 Å². The van der Waals surface area contributed by atoms with Crippen molar-refractivity contribution in [3.63, 3.8) is 0 Å². The van der Waals surface area contributed by atoms with Gasteiger partial charge in [-0.15, -0.1) is 5.10 Å². The highest BCUT2D eigenvalue weighted by molar-refractivity contribution is 7.99. The standard InChI is InChI=1S/C12H16N4OS/c1-9-5-4-6-10(7-9)16-11(13-14-15-16)18-8-12(2,3)17/h4-7,17H,8H2,1-3H3. The lowest BCUT2D eigenvalue weighted by Crippen LogP contribution is -2.22. The molecule has 0 radical (unpaired) electrons. The number of benzene rings is 1. The van der Waals surface area contributed by atoms with Gasteiger partial charge in [0.05, 0.1) is 11.3 Å². The number of aromatic nitrogens is 4. The molecule has 6 heteroatoms. The molecule has 0 aliphatic rings. The molecule has 0 saturated carbocycles. The Morgan fingerprint density at radius 3 is 2.83 bits per heavy atom. The van der Waals surface area contributed by atoms with Crippen molar-refractivity contribution in [3.05, 3.63) is 29.8 Å².